The largest absolute Gasteiger partial charge is 0.299 e. The minimum absolute atomic E-state index is 0.0785. The van der Waals surface area contributed by atoms with Crippen molar-refractivity contribution in [2.75, 3.05) is 0 Å². The van der Waals surface area contributed by atoms with E-state index in [1.165, 1.54) is 5.56 Å². The van der Waals surface area contributed by atoms with E-state index in [9.17, 15) is 13.2 Å². The van der Waals surface area contributed by atoms with Crippen LogP contribution in [0.5, 0.6) is 0 Å². The number of benzene rings is 1. The van der Waals surface area contributed by atoms with Gasteiger partial charge in [-0.15, -0.1) is 0 Å². The molecule has 3 rings (SSSR count). The van der Waals surface area contributed by atoms with Crippen molar-refractivity contribution in [3.63, 3.8) is 0 Å². The van der Waals surface area contributed by atoms with E-state index in [0.29, 0.717) is 17.7 Å². The maximum atomic E-state index is 12.6. The number of carbonyl (C=O) groups is 1. The number of hydrogen-bond donors (Lipinski definition) is 0. The lowest BCUT2D eigenvalue weighted by Crippen LogP contribution is -2.26. The summed E-state index contributed by atoms with van der Waals surface area (Å²) in [6.45, 7) is 1.74. The molecule has 2 unspecified atom stereocenters. The molecule has 0 amide bonds. The molecule has 0 aliphatic heterocycles. The first-order valence-electron chi connectivity index (χ1n) is 6.88. The van der Waals surface area contributed by atoms with Gasteiger partial charge in [-0.2, -0.15) is 0 Å². The summed E-state index contributed by atoms with van der Waals surface area (Å²) in [4.78, 5) is 12.0. The second kappa shape index (κ2) is 4.44. The fourth-order valence-corrected chi connectivity index (χ4v) is 5.32. The molecule has 0 N–H and O–H groups in total. The highest BCUT2D eigenvalue weighted by molar-refractivity contribution is 7.92. The molecule has 1 aromatic rings. The highest BCUT2D eigenvalue weighted by atomic mass is 32.2. The highest BCUT2D eigenvalue weighted by Gasteiger charge is 2.40. The van der Waals surface area contributed by atoms with Crippen LogP contribution >= 0.6 is 0 Å². The van der Waals surface area contributed by atoms with E-state index in [-0.39, 0.29) is 11.7 Å². The van der Waals surface area contributed by atoms with Gasteiger partial charge in [0.25, 0.3) is 0 Å². The summed E-state index contributed by atoms with van der Waals surface area (Å²) in [5, 5.41) is -0.528. The van der Waals surface area contributed by atoms with Crippen molar-refractivity contribution < 1.29 is 13.2 Å². The summed E-state index contributed by atoms with van der Waals surface area (Å²) in [6.07, 6.45) is 4.00. The zero-order chi connectivity index (χ0) is 13.6. The second-order valence-electron chi connectivity index (χ2n) is 5.66. The maximum absolute atomic E-state index is 12.6. The van der Waals surface area contributed by atoms with Crippen LogP contribution in [0.3, 0.4) is 0 Å². The van der Waals surface area contributed by atoms with Gasteiger partial charge in [-0.25, -0.2) is 8.42 Å². The van der Waals surface area contributed by atoms with Crippen molar-refractivity contribution in [2.24, 2.45) is 5.92 Å². The van der Waals surface area contributed by atoms with Crippen molar-refractivity contribution in [2.45, 2.75) is 49.2 Å². The van der Waals surface area contributed by atoms with E-state index < -0.39 is 15.1 Å². The smallest absolute Gasteiger partial charge is 0.181 e. The van der Waals surface area contributed by atoms with Crippen LogP contribution in [0.4, 0.5) is 0 Å². The van der Waals surface area contributed by atoms with Crippen LogP contribution in [-0.2, 0) is 27.5 Å². The SMILES string of the molecule is CC1C(=O)CCC1S(=O)(=O)c1ccc2c(c1)CCC2. The fraction of sp³-hybridized carbons (Fsp3) is 0.533. The van der Waals surface area contributed by atoms with Crippen molar-refractivity contribution in [3.8, 4) is 0 Å². The number of ketones is 1. The van der Waals surface area contributed by atoms with Crippen molar-refractivity contribution >= 4 is 15.6 Å². The molecule has 2 aliphatic carbocycles. The molecule has 2 aliphatic rings. The molecule has 1 aromatic carbocycles. The number of fused-ring (bicyclic) bond motifs is 1. The summed E-state index contributed by atoms with van der Waals surface area (Å²) in [7, 11) is -3.36. The average Bonchev–Trinajstić information content (AvgIpc) is 2.96. The summed E-state index contributed by atoms with van der Waals surface area (Å²) < 4.78 is 25.3. The number of sulfone groups is 1. The standard InChI is InChI=1S/C15H18O3S/c1-10-14(16)7-8-15(10)19(17,18)13-6-5-11-3-2-4-12(11)9-13/h5-6,9-10,15H,2-4,7-8H2,1H3. The third-order valence-electron chi connectivity index (χ3n) is 4.54. The summed E-state index contributed by atoms with van der Waals surface area (Å²) in [5.74, 6) is -0.284. The molecule has 19 heavy (non-hydrogen) atoms. The van der Waals surface area contributed by atoms with E-state index in [4.69, 9.17) is 0 Å². The molecule has 4 heteroatoms. The van der Waals surface area contributed by atoms with Gasteiger partial charge in [0, 0.05) is 12.3 Å². The van der Waals surface area contributed by atoms with Crippen LogP contribution in [0.1, 0.15) is 37.3 Å². The van der Waals surface area contributed by atoms with Gasteiger partial charge in [-0.1, -0.05) is 13.0 Å². The molecule has 1 fully saturated rings. The minimum atomic E-state index is -3.36. The van der Waals surface area contributed by atoms with Crippen LogP contribution in [0.2, 0.25) is 0 Å². The zero-order valence-electron chi connectivity index (χ0n) is 11.1. The monoisotopic (exact) mass is 278 g/mol. The molecule has 3 nitrogen and oxygen atoms in total. The van der Waals surface area contributed by atoms with Gasteiger partial charge in [0.2, 0.25) is 0 Å². The number of carbonyl (C=O) groups excluding carboxylic acids is 1. The molecule has 0 radical (unpaired) electrons. The van der Waals surface area contributed by atoms with E-state index in [2.05, 4.69) is 0 Å². The number of aryl methyl sites for hydroxylation is 2. The van der Waals surface area contributed by atoms with Gasteiger partial charge in [0.05, 0.1) is 10.1 Å². The zero-order valence-corrected chi connectivity index (χ0v) is 11.9. The van der Waals surface area contributed by atoms with E-state index in [1.807, 2.05) is 12.1 Å². The Morgan fingerprint density at radius 1 is 1.11 bits per heavy atom. The van der Waals surface area contributed by atoms with E-state index in [1.54, 1.807) is 13.0 Å². The lowest BCUT2D eigenvalue weighted by molar-refractivity contribution is -0.120. The third-order valence-corrected chi connectivity index (χ3v) is 6.89. The average molecular weight is 278 g/mol. The molecule has 0 aromatic heterocycles. The first-order chi connectivity index (χ1) is 9.00. The van der Waals surface area contributed by atoms with Gasteiger partial charge in [0.15, 0.2) is 9.84 Å². The Morgan fingerprint density at radius 2 is 1.84 bits per heavy atom. The molecule has 0 spiro atoms. The first kappa shape index (κ1) is 12.9. The number of hydrogen-bond acceptors (Lipinski definition) is 3. The van der Waals surface area contributed by atoms with Crippen LogP contribution in [0.15, 0.2) is 23.1 Å². The maximum Gasteiger partial charge on any atom is 0.181 e. The fourth-order valence-electron chi connectivity index (χ4n) is 3.29. The molecule has 0 saturated heterocycles. The topological polar surface area (TPSA) is 51.2 Å². The molecule has 102 valence electrons. The van der Waals surface area contributed by atoms with Gasteiger partial charge in [-0.3, -0.25) is 4.79 Å². The quantitative estimate of drug-likeness (QED) is 0.834. The first-order valence-corrected chi connectivity index (χ1v) is 8.43. The highest BCUT2D eigenvalue weighted by Crippen LogP contribution is 2.34. The van der Waals surface area contributed by atoms with Gasteiger partial charge >= 0.3 is 0 Å². The third kappa shape index (κ3) is 2.02. The van der Waals surface area contributed by atoms with Gasteiger partial charge in [0.1, 0.15) is 5.78 Å². The Morgan fingerprint density at radius 3 is 2.53 bits per heavy atom. The van der Waals surface area contributed by atoms with E-state index >= 15 is 0 Å². The summed E-state index contributed by atoms with van der Waals surface area (Å²) >= 11 is 0. The molecular formula is C15H18O3S. The van der Waals surface area contributed by atoms with Crippen molar-refractivity contribution in [1.29, 1.82) is 0 Å². The van der Waals surface area contributed by atoms with Crippen molar-refractivity contribution in [3.05, 3.63) is 29.3 Å². The Bertz CT molecular complexity index is 631. The minimum Gasteiger partial charge on any atom is -0.299 e. The molecule has 0 heterocycles. The summed E-state index contributed by atoms with van der Waals surface area (Å²) in [5.41, 5.74) is 2.44. The molecule has 0 bridgehead atoms. The molecular weight excluding hydrogens is 260 g/mol. The second-order valence-corrected chi connectivity index (χ2v) is 7.83. The van der Waals surface area contributed by atoms with E-state index in [0.717, 1.165) is 24.8 Å². The lowest BCUT2D eigenvalue weighted by atomic mass is 10.1. The lowest BCUT2D eigenvalue weighted by Gasteiger charge is -2.16. The Balaban J connectivity index is 1.99. The van der Waals surface area contributed by atoms with Crippen LogP contribution in [0, 0.1) is 5.92 Å². The normalized spacial score (nSPS) is 26.7. The predicted octanol–water partition coefficient (Wildman–Crippen LogP) is 2.32. The van der Waals surface area contributed by atoms with Crippen LogP contribution in [0.25, 0.3) is 0 Å². The number of rotatable bonds is 2. The Kier molecular flexibility index (Phi) is 3.01. The summed E-state index contributed by atoms with van der Waals surface area (Å²) in [6, 6.07) is 5.48. The number of Topliss-reactive ketones (excluding diaryl/α,β-unsaturated/α-hetero) is 1. The van der Waals surface area contributed by atoms with Crippen molar-refractivity contribution in [1.82, 2.24) is 0 Å². The van der Waals surface area contributed by atoms with Crippen LogP contribution in [-0.4, -0.2) is 19.5 Å². The van der Waals surface area contributed by atoms with Gasteiger partial charge < -0.3 is 0 Å². The molecule has 2 atom stereocenters. The predicted molar refractivity (Wildman–Crippen MR) is 72.8 cm³/mol. The molecule has 1 saturated carbocycles. The Hall–Kier alpha value is -1.16. The Labute approximate surface area is 113 Å². The van der Waals surface area contributed by atoms with Crippen LogP contribution < -0.4 is 0 Å². The van der Waals surface area contributed by atoms with Gasteiger partial charge in [-0.05, 0) is 48.9 Å².